The van der Waals surface area contributed by atoms with Gasteiger partial charge < -0.3 is 0 Å². The van der Waals surface area contributed by atoms with E-state index in [0.717, 1.165) is 0 Å². The summed E-state index contributed by atoms with van der Waals surface area (Å²) in [6, 6.07) is 0. The van der Waals surface area contributed by atoms with E-state index < -0.39 is 0 Å². The van der Waals surface area contributed by atoms with Crippen LogP contribution in [0, 0.1) is 0 Å². The molecule has 0 rings (SSSR count). The summed E-state index contributed by atoms with van der Waals surface area (Å²) in [6.07, 6.45) is 0. The van der Waals surface area contributed by atoms with Crippen LogP contribution < -0.4 is 0 Å². The maximum absolute atomic E-state index is 0. The Balaban J connectivity index is 0. The second-order valence-corrected chi connectivity index (χ2v) is 0. The molecule has 0 aliphatic heterocycles. The third kappa shape index (κ3) is 24.7. The van der Waals surface area contributed by atoms with E-state index in [1.165, 1.54) is 0 Å². The maximum atomic E-state index is 0. The van der Waals surface area contributed by atoms with E-state index in [1.54, 1.807) is 0 Å². The monoisotopic (exact) mass is 194 g/mol. The van der Waals surface area contributed by atoms with Crippen molar-refractivity contribution in [1.82, 2.24) is 0 Å². The van der Waals surface area contributed by atoms with Gasteiger partial charge in [-0.3, -0.25) is 0 Å². The Bertz CT molecular complexity index is 6.85. The standard InChI is InChI=1S/Al.3ClH.Fe.3H/h;3*1H;;;;. The number of halogens is 3. The molecule has 0 spiro atoms. The molecule has 0 fully saturated rings. The summed E-state index contributed by atoms with van der Waals surface area (Å²) in [5, 5.41) is 0. The summed E-state index contributed by atoms with van der Waals surface area (Å²) in [7, 11) is 0. The molecule has 0 aliphatic carbocycles. The van der Waals surface area contributed by atoms with Crippen molar-refractivity contribution in [3.8, 4) is 0 Å². The molecular weight excluding hydrogens is 189 g/mol. The molecule has 0 nitrogen and oxygen atoms in total. The molecular formula is H6AlCl3Fe. The van der Waals surface area contributed by atoms with Crippen LogP contribution in [0.5, 0.6) is 0 Å². The SMILES string of the molecule is Cl.Cl.Cl.[AlH3].[Fe]. The second kappa shape index (κ2) is 38.8. The van der Waals surface area contributed by atoms with Crippen LogP contribution in [0.2, 0.25) is 0 Å². The van der Waals surface area contributed by atoms with E-state index >= 15 is 0 Å². The van der Waals surface area contributed by atoms with Crippen molar-refractivity contribution >= 4 is 54.6 Å². The predicted octanol–water partition coefficient (Wildman–Crippen LogP) is 0.0790. The Morgan fingerprint density at radius 3 is 0.600 bits per heavy atom. The molecule has 38 valence electrons. The molecule has 0 aliphatic rings. The van der Waals surface area contributed by atoms with Crippen LogP contribution in [0.15, 0.2) is 0 Å². The first-order valence-corrected chi connectivity index (χ1v) is 0. The fourth-order valence-corrected chi connectivity index (χ4v) is 0. The average Bonchev–Trinajstić information content (AvgIpc) is 0. The Morgan fingerprint density at radius 1 is 0.600 bits per heavy atom. The molecule has 5 heteroatoms. The molecule has 5 heavy (non-hydrogen) atoms. The minimum Gasteiger partial charge on any atom is -0.147 e. The van der Waals surface area contributed by atoms with Gasteiger partial charge in [0.15, 0.2) is 17.4 Å². The Kier molecular flexibility index (Phi) is 510. The number of hydrogen-bond donors (Lipinski definition) is 0. The molecule has 0 aromatic heterocycles. The van der Waals surface area contributed by atoms with Gasteiger partial charge in [-0.15, -0.1) is 37.2 Å². The molecule has 0 N–H and O–H groups in total. The predicted molar refractivity (Wildman–Crippen MR) is 31.7 cm³/mol. The van der Waals surface area contributed by atoms with Crippen molar-refractivity contribution in [2.45, 2.75) is 0 Å². The van der Waals surface area contributed by atoms with Gasteiger partial charge in [-0.2, -0.15) is 0 Å². The minimum absolute atomic E-state index is 0. The molecule has 0 unspecified atom stereocenters. The third-order valence-electron chi connectivity index (χ3n) is 0. The molecule has 0 aromatic carbocycles. The zero-order chi connectivity index (χ0) is 0. The van der Waals surface area contributed by atoms with E-state index in [0.29, 0.717) is 0 Å². The first-order valence-electron chi connectivity index (χ1n) is 0. The van der Waals surface area contributed by atoms with Crippen molar-refractivity contribution in [3.05, 3.63) is 0 Å². The Hall–Kier alpha value is 1.92. The normalized spacial score (nSPS) is 0. The van der Waals surface area contributed by atoms with Crippen LogP contribution in [0.1, 0.15) is 0 Å². The van der Waals surface area contributed by atoms with Crippen LogP contribution in [-0.4, -0.2) is 17.4 Å². The molecule has 0 amide bonds. The van der Waals surface area contributed by atoms with E-state index in [-0.39, 0.29) is 71.7 Å². The van der Waals surface area contributed by atoms with Gasteiger partial charge in [0.2, 0.25) is 0 Å². The van der Waals surface area contributed by atoms with Crippen LogP contribution in [0.3, 0.4) is 0 Å². The van der Waals surface area contributed by atoms with Gasteiger partial charge in [0, 0.05) is 17.1 Å². The quantitative estimate of drug-likeness (QED) is 0.480. The fraction of sp³-hybridized carbons (Fsp3) is 0. The molecule has 0 heterocycles. The zero-order valence-electron chi connectivity index (χ0n) is 1.58. The van der Waals surface area contributed by atoms with Crippen LogP contribution in [0.25, 0.3) is 0 Å². The van der Waals surface area contributed by atoms with Gasteiger partial charge in [0.05, 0.1) is 0 Å². The number of hydrogen-bond acceptors (Lipinski definition) is 0. The molecule has 0 saturated heterocycles. The molecule has 0 radical (unpaired) electrons. The van der Waals surface area contributed by atoms with Crippen molar-refractivity contribution in [1.29, 1.82) is 0 Å². The molecule has 0 atom stereocenters. The van der Waals surface area contributed by atoms with Crippen LogP contribution >= 0.6 is 37.2 Å². The van der Waals surface area contributed by atoms with Gasteiger partial charge in [-0.1, -0.05) is 0 Å². The third-order valence-corrected chi connectivity index (χ3v) is 0. The van der Waals surface area contributed by atoms with Crippen molar-refractivity contribution in [3.63, 3.8) is 0 Å². The molecule has 0 aromatic rings. The van der Waals surface area contributed by atoms with E-state index in [4.69, 9.17) is 0 Å². The Morgan fingerprint density at radius 2 is 0.600 bits per heavy atom. The smallest absolute Gasteiger partial charge is 0.147 e. The molecule has 0 bridgehead atoms. The van der Waals surface area contributed by atoms with Crippen LogP contribution in [0.4, 0.5) is 0 Å². The first kappa shape index (κ1) is 65.7. The van der Waals surface area contributed by atoms with Gasteiger partial charge in [0.25, 0.3) is 0 Å². The summed E-state index contributed by atoms with van der Waals surface area (Å²) in [5.74, 6) is 0. The number of rotatable bonds is 0. The van der Waals surface area contributed by atoms with Gasteiger partial charge in [0.1, 0.15) is 0 Å². The van der Waals surface area contributed by atoms with Crippen molar-refractivity contribution < 1.29 is 17.1 Å². The second-order valence-electron chi connectivity index (χ2n) is 0. The minimum atomic E-state index is 0. The topological polar surface area (TPSA) is 0 Å². The van der Waals surface area contributed by atoms with Crippen LogP contribution in [-0.2, 0) is 17.1 Å². The van der Waals surface area contributed by atoms with Gasteiger partial charge in [-0.25, -0.2) is 0 Å². The fourth-order valence-electron chi connectivity index (χ4n) is 0. The maximum Gasteiger partial charge on any atom is 0.187 e. The van der Waals surface area contributed by atoms with Gasteiger partial charge >= 0.3 is 0 Å². The molecule has 0 saturated carbocycles. The van der Waals surface area contributed by atoms with Crippen molar-refractivity contribution in [2.24, 2.45) is 0 Å². The van der Waals surface area contributed by atoms with E-state index in [9.17, 15) is 0 Å². The summed E-state index contributed by atoms with van der Waals surface area (Å²) in [5.41, 5.74) is 0. The van der Waals surface area contributed by atoms with E-state index in [1.807, 2.05) is 0 Å². The summed E-state index contributed by atoms with van der Waals surface area (Å²) >= 11 is 0. The van der Waals surface area contributed by atoms with Crippen molar-refractivity contribution in [2.75, 3.05) is 0 Å². The van der Waals surface area contributed by atoms with E-state index in [2.05, 4.69) is 0 Å². The summed E-state index contributed by atoms with van der Waals surface area (Å²) in [6.45, 7) is 0. The average molecular weight is 195 g/mol. The summed E-state index contributed by atoms with van der Waals surface area (Å²) < 4.78 is 0. The first-order chi connectivity index (χ1) is 0. The Labute approximate surface area is 71.3 Å². The van der Waals surface area contributed by atoms with Gasteiger partial charge in [-0.05, 0) is 0 Å². The summed E-state index contributed by atoms with van der Waals surface area (Å²) in [4.78, 5) is 0. The largest absolute Gasteiger partial charge is 0.187 e. The zero-order valence-corrected chi connectivity index (χ0v) is 5.13.